The zero-order chi connectivity index (χ0) is 16.7. The summed E-state index contributed by atoms with van der Waals surface area (Å²) < 4.78 is 5.02. The van der Waals surface area contributed by atoms with Crippen LogP contribution >= 0.6 is 0 Å². The average Bonchev–Trinajstić information content (AvgIpc) is 2.49. The molecule has 1 aliphatic carbocycles. The minimum absolute atomic E-state index is 0.138. The van der Waals surface area contributed by atoms with Crippen LogP contribution in [0.15, 0.2) is 42.5 Å². The van der Waals surface area contributed by atoms with Gasteiger partial charge in [-0.05, 0) is 24.8 Å². The molecule has 0 heterocycles. The summed E-state index contributed by atoms with van der Waals surface area (Å²) in [5.74, 6) is -1.11. The lowest BCUT2D eigenvalue weighted by atomic mass is 9.84. The summed E-state index contributed by atoms with van der Waals surface area (Å²) in [6.45, 7) is 0.138. The molecule has 7 heteroatoms. The molecule has 0 saturated heterocycles. The number of primary amides is 1. The summed E-state index contributed by atoms with van der Waals surface area (Å²) in [4.78, 5) is 34.3. The zero-order valence-corrected chi connectivity index (χ0v) is 12.6. The summed E-state index contributed by atoms with van der Waals surface area (Å²) in [5.41, 5.74) is 5.14. The van der Waals surface area contributed by atoms with Crippen molar-refractivity contribution in [1.29, 1.82) is 0 Å². The SMILES string of the molecule is NC(=O)NC1(NC(=O)C=CC(=O)OCc2ccccc2)CCC1. The van der Waals surface area contributed by atoms with Crippen molar-refractivity contribution >= 4 is 17.9 Å². The summed E-state index contributed by atoms with van der Waals surface area (Å²) in [6, 6.07) is 8.52. The Kier molecular flexibility index (Phi) is 5.35. The predicted octanol–water partition coefficient (Wildman–Crippen LogP) is 0.951. The van der Waals surface area contributed by atoms with E-state index in [1.807, 2.05) is 30.3 Å². The Bertz CT molecular complexity index is 609. The summed E-state index contributed by atoms with van der Waals surface area (Å²) >= 11 is 0. The molecule has 0 aliphatic heterocycles. The second-order valence-corrected chi connectivity index (χ2v) is 5.34. The van der Waals surface area contributed by atoms with Gasteiger partial charge in [0.25, 0.3) is 0 Å². The highest BCUT2D eigenvalue weighted by molar-refractivity contribution is 5.95. The van der Waals surface area contributed by atoms with Crippen LogP contribution in [-0.2, 0) is 20.9 Å². The van der Waals surface area contributed by atoms with Crippen molar-refractivity contribution in [1.82, 2.24) is 10.6 Å². The minimum Gasteiger partial charge on any atom is -0.458 e. The van der Waals surface area contributed by atoms with Gasteiger partial charge in [-0.3, -0.25) is 4.79 Å². The van der Waals surface area contributed by atoms with Gasteiger partial charge in [0, 0.05) is 12.2 Å². The van der Waals surface area contributed by atoms with Gasteiger partial charge in [-0.25, -0.2) is 9.59 Å². The molecule has 0 unspecified atom stereocenters. The molecule has 7 nitrogen and oxygen atoms in total. The van der Waals surface area contributed by atoms with Crippen LogP contribution in [0.1, 0.15) is 24.8 Å². The van der Waals surface area contributed by atoms with Gasteiger partial charge in [0.15, 0.2) is 0 Å². The highest BCUT2D eigenvalue weighted by atomic mass is 16.5. The van der Waals surface area contributed by atoms with E-state index in [0.717, 1.165) is 24.1 Å². The van der Waals surface area contributed by atoms with Crippen LogP contribution in [0, 0.1) is 0 Å². The zero-order valence-electron chi connectivity index (χ0n) is 12.6. The molecule has 3 amide bonds. The van der Waals surface area contributed by atoms with Gasteiger partial charge >= 0.3 is 12.0 Å². The van der Waals surface area contributed by atoms with Crippen molar-refractivity contribution < 1.29 is 19.1 Å². The number of carbonyl (C=O) groups excluding carboxylic acids is 3. The molecule has 0 bridgehead atoms. The van der Waals surface area contributed by atoms with Gasteiger partial charge < -0.3 is 21.1 Å². The maximum Gasteiger partial charge on any atom is 0.331 e. The van der Waals surface area contributed by atoms with Crippen molar-refractivity contribution in [2.75, 3.05) is 0 Å². The summed E-state index contributed by atoms with van der Waals surface area (Å²) in [7, 11) is 0. The number of hydrogen-bond donors (Lipinski definition) is 3. The number of benzene rings is 1. The summed E-state index contributed by atoms with van der Waals surface area (Å²) in [6.07, 6.45) is 4.22. The van der Waals surface area contributed by atoms with Crippen LogP contribution in [0.5, 0.6) is 0 Å². The van der Waals surface area contributed by atoms with Crippen LogP contribution in [0.2, 0.25) is 0 Å². The molecule has 2 rings (SSSR count). The normalized spacial score (nSPS) is 15.5. The lowest BCUT2D eigenvalue weighted by molar-refractivity contribution is -0.139. The number of nitrogens with two attached hydrogens (primary N) is 1. The van der Waals surface area contributed by atoms with Crippen LogP contribution < -0.4 is 16.4 Å². The van der Waals surface area contributed by atoms with E-state index < -0.39 is 23.6 Å². The topological polar surface area (TPSA) is 111 Å². The third-order valence-corrected chi connectivity index (χ3v) is 3.53. The van der Waals surface area contributed by atoms with Crippen LogP contribution in [0.25, 0.3) is 0 Å². The molecule has 1 aliphatic rings. The van der Waals surface area contributed by atoms with Crippen molar-refractivity contribution in [3.05, 3.63) is 48.0 Å². The first kappa shape index (κ1) is 16.5. The van der Waals surface area contributed by atoms with E-state index in [1.165, 1.54) is 0 Å². The molecular formula is C16H19N3O4. The van der Waals surface area contributed by atoms with E-state index in [4.69, 9.17) is 10.5 Å². The Morgan fingerprint density at radius 3 is 2.39 bits per heavy atom. The fraction of sp³-hybridized carbons (Fsp3) is 0.312. The van der Waals surface area contributed by atoms with E-state index in [-0.39, 0.29) is 6.61 Å². The standard InChI is InChI=1S/C16H19N3O4/c17-15(22)19-16(9-4-10-16)18-13(20)7-8-14(21)23-11-12-5-2-1-3-6-12/h1-3,5-8H,4,9-11H2,(H,18,20)(H3,17,19,22). The van der Waals surface area contributed by atoms with Crippen LogP contribution in [-0.4, -0.2) is 23.6 Å². The number of esters is 1. The molecule has 1 fully saturated rings. The first-order chi connectivity index (χ1) is 11.0. The monoisotopic (exact) mass is 317 g/mol. The average molecular weight is 317 g/mol. The van der Waals surface area contributed by atoms with Crippen molar-refractivity contribution in [3.63, 3.8) is 0 Å². The Balaban J connectivity index is 1.78. The number of amides is 3. The fourth-order valence-electron chi connectivity index (χ4n) is 2.25. The molecule has 4 N–H and O–H groups in total. The van der Waals surface area contributed by atoms with Gasteiger partial charge in [0.2, 0.25) is 5.91 Å². The third kappa shape index (κ3) is 5.14. The van der Waals surface area contributed by atoms with Crippen LogP contribution in [0.3, 0.4) is 0 Å². The second kappa shape index (κ2) is 7.44. The number of ether oxygens (including phenoxy) is 1. The number of hydrogen-bond acceptors (Lipinski definition) is 4. The van der Waals surface area contributed by atoms with Crippen molar-refractivity contribution in [3.8, 4) is 0 Å². The first-order valence-electron chi connectivity index (χ1n) is 7.28. The first-order valence-corrected chi connectivity index (χ1v) is 7.28. The lowest BCUT2D eigenvalue weighted by Crippen LogP contribution is -2.65. The Hall–Kier alpha value is -2.83. The molecule has 0 spiro atoms. The Morgan fingerprint density at radius 1 is 1.13 bits per heavy atom. The quantitative estimate of drug-likeness (QED) is 0.412. The molecule has 0 atom stereocenters. The van der Waals surface area contributed by atoms with E-state index in [1.54, 1.807) is 0 Å². The fourth-order valence-corrected chi connectivity index (χ4v) is 2.25. The summed E-state index contributed by atoms with van der Waals surface area (Å²) in [5, 5.41) is 5.16. The van der Waals surface area contributed by atoms with Gasteiger partial charge in [-0.2, -0.15) is 0 Å². The molecular weight excluding hydrogens is 298 g/mol. The minimum atomic E-state index is -0.804. The number of rotatable bonds is 6. The van der Waals surface area contributed by atoms with Gasteiger partial charge in [-0.1, -0.05) is 30.3 Å². The molecule has 0 radical (unpaired) electrons. The Labute approximate surface area is 133 Å². The van der Waals surface area contributed by atoms with E-state index >= 15 is 0 Å². The van der Waals surface area contributed by atoms with Gasteiger partial charge in [-0.15, -0.1) is 0 Å². The number of urea groups is 1. The third-order valence-electron chi connectivity index (χ3n) is 3.53. The smallest absolute Gasteiger partial charge is 0.331 e. The predicted molar refractivity (Wildman–Crippen MR) is 82.8 cm³/mol. The Morgan fingerprint density at radius 2 is 1.83 bits per heavy atom. The molecule has 1 aromatic carbocycles. The second-order valence-electron chi connectivity index (χ2n) is 5.34. The molecule has 23 heavy (non-hydrogen) atoms. The molecule has 0 aromatic heterocycles. The van der Waals surface area contributed by atoms with E-state index in [0.29, 0.717) is 12.8 Å². The van der Waals surface area contributed by atoms with Gasteiger partial charge in [0.05, 0.1) is 0 Å². The van der Waals surface area contributed by atoms with Crippen molar-refractivity contribution in [2.24, 2.45) is 5.73 Å². The maximum atomic E-state index is 11.8. The number of nitrogens with one attached hydrogen (secondary N) is 2. The van der Waals surface area contributed by atoms with Crippen LogP contribution in [0.4, 0.5) is 4.79 Å². The number of carbonyl (C=O) groups is 3. The highest BCUT2D eigenvalue weighted by Crippen LogP contribution is 2.28. The van der Waals surface area contributed by atoms with Crippen molar-refractivity contribution in [2.45, 2.75) is 31.5 Å². The highest BCUT2D eigenvalue weighted by Gasteiger charge is 2.38. The van der Waals surface area contributed by atoms with E-state index in [2.05, 4.69) is 10.6 Å². The lowest BCUT2D eigenvalue weighted by Gasteiger charge is -2.42. The molecule has 1 saturated carbocycles. The van der Waals surface area contributed by atoms with E-state index in [9.17, 15) is 14.4 Å². The molecule has 122 valence electrons. The maximum absolute atomic E-state index is 11.8. The van der Waals surface area contributed by atoms with Gasteiger partial charge in [0.1, 0.15) is 12.3 Å². The molecule has 1 aromatic rings. The largest absolute Gasteiger partial charge is 0.458 e.